The van der Waals surface area contributed by atoms with Gasteiger partial charge < -0.3 is 10.6 Å². The van der Waals surface area contributed by atoms with Crippen LogP contribution in [0.2, 0.25) is 10.0 Å². The minimum absolute atomic E-state index is 0.116. The number of benzene rings is 1. The first-order chi connectivity index (χ1) is 8.66. The first-order valence-corrected chi connectivity index (χ1v) is 6.86. The van der Waals surface area contributed by atoms with Crippen LogP contribution in [0.5, 0.6) is 0 Å². The Bertz CT molecular complexity index is 482. The van der Waals surface area contributed by atoms with Gasteiger partial charge in [-0.1, -0.05) is 23.2 Å². The van der Waals surface area contributed by atoms with Gasteiger partial charge in [-0.2, -0.15) is 0 Å². The first-order valence-electron chi connectivity index (χ1n) is 6.11. The molecule has 2 fully saturated rings. The van der Waals surface area contributed by atoms with Crippen LogP contribution in [0.25, 0.3) is 0 Å². The molecule has 18 heavy (non-hydrogen) atoms. The van der Waals surface area contributed by atoms with E-state index in [1.165, 1.54) is 0 Å². The molecule has 5 heteroatoms. The van der Waals surface area contributed by atoms with Crippen molar-refractivity contribution >= 4 is 29.1 Å². The Morgan fingerprint density at radius 1 is 1.33 bits per heavy atom. The molecular formula is C13H14Cl2N2O. The zero-order valence-electron chi connectivity index (χ0n) is 9.75. The molecule has 1 aromatic carbocycles. The molecule has 1 heterocycles. The molecule has 0 radical (unpaired) electrons. The fraction of sp³-hybridized carbons (Fsp3) is 0.462. The second-order valence-electron chi connectivity index (χ2n) is 4.98. The van der Waals surface area contributed by atoms with Crippen molar-refractivity contribution < 1.29 is 4.79 Å². The van der Waals surface area contributed by atoms with Crippen molar-refractivity contribution in [1.29, 1.82) is 0 Å². The van der Waals surface area contributed by atoms with Gasteiger partial charge in [-0.25, -0.2) is 0 Å². The van der Waals surface area contributed by atoms with E-state index >= 15 is 0 Å². The highest BCUT2D eigenvalue weighted by atomic mass is 35.5. The lowest BCUT2D eigenvalue weighted by Crippen LogP contribution is -2.28. The number of nitrogens with one attached hydrogen (secondary N) is 2. The molecule has 0 bridgehead atoms. The van der Waals surface area contributed by atoms with Gasteiger partial charge >= 0.3 is 0 Å². The van der Waals surface area contributed by atoms with Gasteiger partial charge in [0.2, 0.25) is 0 Å². The maximum absolute atomic E-state index is 12.0. The molecule has 2 aliphatic rings. The summed E-state index contributed by atoms with van der Waals surface area (Å²) >= 11 is 11.8. The van der Waals surface area contributed by atoms with Gasteiger partial charge in [0.25, 0.3) is 5.91 Å². The molecule has 0 spiro atoms. The third-order valence-corrected chi connectivity index (χ3v) is 4.49. The van der Waals surface area contributed by atoms with E-state index in [1.807, 2.05) is 0 Å². The molecule has 1 aromatic rings. The van der Waals surface area contributed by atoms with Crippen LogP contribution in [0.4, 0.5) is 0 Å². The van der Waals surface area contributed by atoms with E-state index in [-0.39, 0.29) is 5.91 Å². The second kappa shape index (κ2) is 4.72. The fourth-order valence-corrected chi connectivity index (χ4v) is 3.32. The van der Waals surface area contributed by atoms with Crippen LogP contribution in [-0.2, 0) is 0 Å². The summed E-state index contributed by atoms with van der Waals surface area (Å²) in [6.07, 6.45) is 0. The average Bonchev–Trinajstić information content (AvgIpc) is 2.77. The van der Waals surface area contributed by atoms with Crippen molar-refractivity contribution in [3.05, 3.63) is 33.8 Å². The lowest BCUT2D eigenvalue weighted by molar-refractivity contribution is 0.0950. The lowest BCUT2D eigenvalue weighted by Gasteiger charge is -2.08. The average molecular weight is 285 g/mol. The third-order valence-electron chi connectivity index (χ3n) is 3.94. The maximum atomic E-state index is 12.0. The van der Waals surface area contributed by atoms with Gasteiger partial charge in [0.15, 0.2) is 0 Å². The zero-order valence-corrected chi connectivity index (χ0v) is 11.3. The summed E-state index contributed by atoms with van der Waals surface area (Å²) in [4.78, 5) is 12.0. The van der Waals surface area contributed by atoms with Crippen LogP contribution in [0.15, 0.2) is 18.2 Å². The van der Waals surface area contributed by atoms with Gasteiger partial charge in [-0.3, -0.25) is 4.79 Å². The molecule has 3 rings (SSSR count). The molecule has 96 valence electrons. The number of carbonyl (C=O) groups excluding carboxylic acids is 1. The van der Waals surface area contributed by atoms with E-state index < -0.39 is 0 Å². The molecule has 1 saturated heterocycles. The molecule has 2 unspecified atom stereocenters. The van der Waals surface area contributed by atoms with Crippen LogP contribution in [-0.4, -0.2) is 25.5 Å². The topological polar surface area (TPSA) is 41.1 Å². The number of hydrogen-bond donors (Lipinski definition) is 2. The summed E-state index contributed by atoms with van der Waals surface area (Å²) in [6, 6.07) is 4.93. The van der Waals surface area contributed by atoms with Crippen molar-refractivity contribution in [3.8, 4) is 0 Å². The lowest BCUT2D eigenvalue weighted by atomic mass is 10.2. The molecule has 1 amide bonds. The maximum Gasteiger partial charge on any atom is 0.252 e. The number of hydrogen-bond acceptors (Lipinski definition) is 2. The molecule has 0 aromatic heterocycles. The monoisotopic (exact) mass is 284 g/mol. The molecule has 2 atom stereocenters. The largest absolute Gasteiger partial charge is 0.352 e. The van der Waals surface area contributed by atoms with Gasteiger partial charge in [0.05, 0.1) is 10.6 Å². The van der Waals surface area contributed by atoms with Crippen molar-refractivity contribution in [2.45, 2.75) is 0 Å². The highest BCUT2D eigenvalue weighted by Gasteiger charge is 2.52. The van der Waals surface area contributed by atoms with E-state index in [4.69, 9.17) is 23.2 Å². The molecule has 1 saturated carbocycles. The van der Waals surface area contributed by atoms with Gasteiger partial charge in [0.1, 0.15) is 0 Å². The predicted molar refractivity (Wildman–Crippen MR) is 72.1 cm³/mol. The summed E-state index contributed by atoms with van der Waals surface area (Å²) < 4.78 is 0. The number of amides is 1. The number of halogens is 2. The van der Waals surface area contributed by atoms with Gasteiger partial charge in [-0.05, 0) is 49.0 Å². The highest BCUT2D eigenvalue weighted by Crippen LogP contribution is 2.48. The number of carbonyl (C=O) groups is 1. The Hall–Kier alpha value is -0.770. The van der Waals surface area contributed by atoms with E-state index in [2.05, 4.69) is 10.6 Å². The quantitative estimate of drug-likeness (QED) is 0.893. The molecule has 2 N–H and O–H groups in total. The molecule has 3 nitrogen and oxygen atoms in total. The Morgan fingerprint density at radius 3 is 2.72 bits per heavy atom. The summed E-state index contributed by atoms with van der Waals surface area (Å²) in [5, 5.41) is 7.24. The second-order valence-corrected chi connectivity index (χ2v) is 5.83. The number of rotatable bonds is 3. The minimum Gasteiger partial charge on any atom is -0.352 e. The van der Waals surface area contributed by atoms with E-state index in [1.54, 1.807) is 18.2 Å². The van der Waals surface area contributed by atoms with E-state index in [9.17, 15) is 4.79 Å². The SMILES string of the molecule is O=C(NCC1C2CNCC21)c1ccc(Cl)cc1Cl. The van der Waals surface area contributed by atoms with Crippen molar-refractivity contribution in [2.75, 3.05) is 19.6 Å². The van der Waals surface area contributed by atoms with E-state index in [0.29, 0.717) is 21.5 Å². The van der Waals surface area contributed by atoms with Crippen molar-refractivity contribution in [3.63, 3.8) is 0 Å². The molecular weight excluding hydrogens is 271 g/mol. The Morgan fingerprint density at radius 2 is 2.06 bits per heavy atom. The predicted octanol–water partition coefficient (Wildman–Crippen LogP) is 2.19. The van der Waals surface area contributed by atoms with E-state index in [0.717, 1.165) is 31.5 Å². The van der Waals surface area contributed by atoms with Crippen LogP contribution in [0, 0.1) is 17.8 Å². The fourth-order valence-electron chi connectivity index (χ4n) is 2.83. The Balaban J connectivity index is 1.58. The minimum atomic E-state index is -0.116. The van der Waals surface area contributed by atoms with Crippen LogP contribution >= 0.6 is 23.2 Å². The number of piperidine rings is 1. The smallest absolute Gasteiger partial charge is 0.252 e. The first kappa shape index (κ1) is 12.3. The Kier molecular flexibility index (Phi) is 3.22. The van der Waals surface area contributed by atoms with Crippen LogP contribution in [0.1, 0.15) is 10.4 Å². The van der Waals surface area contributed by atoms with Crippen molar-refractivity contribution in [1.82, 2.24) is 10.6 Å². The summed E-state index contributed by atoms with van der Waals surface area (Å²) in [6.45, 7) is 2.93. The summed E-state index contributed by atoms with van der Waals surface area (Å²) in [5.41, 5.74) is 0.491. The summed E-state index contributed by atoms with van der Waals surface area (Å²) in [7, 11) is 0. The third kappa shape index (κ3) is 2.22. The van der Waals surface area contributed by atoms with Crippen molar-refractivity contribution in [2.24, 2.45) is 17.8 Å². The zero-order chi connectivity index (χ0) is 12.7. The van der Waals surface area contributed by atoms with Gasteiger partial charge in [-0.15, -0.1) is 0 Å². The number of fused-ring (bicyclic) bond motifs is 1. The summed E-state index contributed by atoms with van der Waals surface area (Å²) in [5.74, 6) is 2.04. The normalized spacial score (nSPS) is 28.9. The molecule has 1 aliphatic heterocycles. The van der Waals surface area contributed by atoms with Crippen LogP contribution in [0.3, 0.4) is 0 Å². The molecule has 1 aliphatic carbocycles. The Labute approximate surface area is 116 Å². The standard InChI is InChI=1S/C13H14Cl2N2O/c14-7-1-2-8(12(15)3-7)13(18)17-6-11-9-4-16-5-10(9)11/h1-3,9-11,16H,4-6H2,(H,17,18). The highest BCUT2D eigenvalue weighted by molar-refractivity contribution is 6.36. The van der Waals surface area contributed by atoms with Crippen LogP contribution < -0.4 is 10.6 Å². The van der Waals surface area contributed by atoms with Gasteiger partial charge in [0, 0.05) is 11.6 Å².